The molecule has 106 valence electrons. The molecule has 19 heavy (non-hydrogen) atoms. The molecule has 0 saturated heterocycles. The fourth-order valence-corrected chi connectivity index (χ4v) is 1.95. The molecule has 0 radical (unpaired) electrons. The van der Waals surface area contributed by atoms with Crippen molar-refractivity contribution < 1.29 is 41.4 Å². The molecule has 0 aliphatic carbocycles. The van der Waals surface area contributed by atoms with E-state index >= 15 is 0 Å². The third-order valence-electron chi connectivity index (χ3n) is 1.83. The van der Waals surface area contributed by atoms with Gasteiger partial charge in [-0.2, -0.15) is 22.0 Å². The Morgan fingerprint density at radius 2 is 1.79 bits per heavy atom. The van der Waals surface area contributed by atoms with Gasteiger partial charge in [0.1, 0.15) is 4.88 Å². The van der Waals surface area contributed by atoms with E-state index in [4.69, 9.17) is 5.11 Å². The smallest absolute Gasteiger partial charge is 0.459 e. The van der Waals surface area contributed by atoms with E-state index in [9.17, 15) is 31.5 Å². The number of aromatic carboxylic acids is 1. The van der Waals surface area contributed by atoms with Crippen molar-refractivity contribution >= 4 is 23.3 Å². The molecule has 1 N–H and O–H groups in total. The minimum atomic E-state index is -6.00. The summed E-state index contributed by atoms with van der Waals surface area (Å²) in [6, 6.07) is 0. The van der Waals surface area contributed by atoms with E-state index in [1.165, 1.54) is 0 Å². The van der Waals surface area contributed by atoms with Crippen molar-refractivity contribution in [2.75, 3.05) is 7.11 Å². The molecule has 0 atom stereocenters. The molecule has 1 aromatic rings. The highest BCUT2D eigenvalue weighted by Gasteiger charge is 2.61. The van der Waals surface area contributed by atoms with Gasteiger partial charge in [0, 0.05) is 0 Å². The lowest BCUT2D eigenvalue weighted by Crippen LogP contribution is -2.34. The Labute approximate surface area is 105 Å². The van der Waals surface area contributed by atoms with Crippen molar-refractivity contribution in [2.24, 2.45) is 0 Å². The van der Waals surface area contributed by atoms with Crippen LogP contribution in [-0.2, 0) is 10.7 Å². The molecule has 0 amide bonds. The van der Waals surface area contributed by atoms with Crippen molar-refractivity contribution in [2.45, 2.75) is 12.1 Å². The zero-order chi connectivity index (χ0) is 15.0. The second kappa shape index (κ2) is 4.72. The molecule has 0 aliphatic rings. The maximum atomic E-state index is 13.1. The predicted molar refractivity (Wildman–Crippen MR) is 50.4 cm³/mol. The number of aromatic nitrogens is 1. The van der Waals surface area contributed by atoms with E-state index in [2.05, 4.69) is 9.72 Å². The van der Waals surface area contributed by atoms with E-state index in [-0.39, 0.29) is 11.3 Å². The largest absolute Gasteiger partial charge is 0.476 e. The number of carbonyl (C=O) groups excluding carboxylic acids is 1. The lowest BCUT2D eigenvalue weighted by atomic mass is 10.2. The number of ether oxygens (including phenoxy) is 1. The van der Waals surface area contributed by atoms with Crippen LogP contribution in [0.25, 0.3) is 0 Å². The molecule has 0 unspecified atom stereocenters. The Hall–Kier alpha value is -1.78. The Kier molecular flexibility index (Phi) is 3.79. The molecule has 5 nitrogen and oxygen atoms in total. The fourth-order valence-electron chi connectivity index (χ4n) is 0.981. The lowest BCUT2D eigenvalue weighted by molar-refractivity contribution is -0.288. The summed E-state index contributed by atoms with van der Waals surface area (Å²) in [6.45, 7) is 0. The molecule has 1 aromatic heterocycles. The monoisotopic (exact) mass is 305 g/mol. The van der Waals surface area contributed by atoms with E-state index in [0.717, 1.165) is 7.11 Å². The van der Waals surface area contributed by atoms with Gasteiger partial charge in [-0.1, -0.05) is 0 Å². The molecule has 0 saturated carbocycles. The highest BCUT2D eigenvalue weighted by molar-refractivity contribution is 7.14. The summed E-state index contributed by atoms with van der Waals surface area (Å²) in [5.41, 5.74) is -1.53. The summed E-state index contributed by atoms with van der Waals surface area (Å²) in [5.74, 6) is -8.84. The Bertz CT molecular complexity index is 524. The summed E-state index contributed by atoms with van der Waals surface area (Å²) in [6.07, 6.45) is -6.00. The van der Waals surface area contributed by atoms with Gasteiger partial charge in [0.15, 0.2) is 5.69 Å². The number of carbonyl (C=O) groups is 2. The van der Waals surface area contributed by atoms with Crippen molar-refractivity contribution in [3.05, 3.63) is 15.6 Å². The van der Waals surface area contributed by atoms with Crippen LogP contribution in [0.4, 0.5) is 22.0 Å². The Balaban J connectivity index is 3.46. The molecule has 0 fully saturated rings. The minimum absolute atomic E-state index is 0.382. The van der Waals surface area contributed by atoms with Gasteiger partial charge < -0.3 is 9.84 Å². The van der Waals surface area contributed by atoms with Gasteiger partial charge in [-0.15, -0.1) is 11.3 Å². The van der Waals surface area contributed by atoms with Crippen molar-refractivity contribution in [1.82, 2.24) is 4.98 Å². The number of carboxylic acids is 1. The molecular weight excluding hydrogens is 301 g/mol. The predicted octanol–water partition coefficient (Wildman–Crippen LogP) is 2.28. The first-order chi connectivity index (χ1) is 8.52. The average Bonchev–Trinajstić information content (AvgIpc) is 2.71. The van der Waals surface area contributed by atoms with Crippen LogP contribution < -0.4 is 0 Å². The normalized spacial score (nSPS) is 12.3. The number of methoxy groups -OCH3 is 1. The second-order valence-corrected chi connectivity index (χ2v) is 4.06. The maximum absolute atomic E-state index is 13.1. The Morgan fingerprint density at radius 1 is 1.26 bits per heavy atom. The minimum Gasteiger partial charge on any atom is -0.476 e. The molecule has 0 spiro atoms. The fraction of sp³-hybridized carbons (Fsp3) is 0.375. The lowest BCUT2D eigenvalue weighted by Gasteiger charge is -2.18. The Morgan fingerprint density at radius 3 is 2.16 bits per heavy atom. The quantitative estimate of drug-likeness (QED) is 0.685. The summed E-state index contributed by atoms with van der Waals surface area (Å²) < 4.78 is 66.8. The van der Waals surface area contributed by atoms with Crippen LogP contribution in [0.5, 0.6) is 0 Å². The average molecular weight is 305 g/mol. The molecule has 1 rings (SSSR count). The third-order valence-corrected chi connectivity index (χ3v) is 2.94. The number of nitrogens with zero attached hydrogens (tertiary/aromatic N) is 1. The summed E-state index contributed by atoms with van der Waals surface area (Å²) >= 11 is -0.382. The number of carboxylic acid groups (broad SMARTS) is 1. The summed E-state index contributed by atoms with van der Waals surface area (Å²) in [4.78, 5) is 22.7. The number of thiazole rings is 1. The van der Waals surface area contributed by atoms with Gasteiger partial charge >= 0.3 is 24.0 Å². The topological polar surface area (TPSA) is 76.5 Å². The van der Waals surface area contributed by atoms with Crippen LogP contribution in [0.3, 0.4) is 0 Å². The van der Waals surface area contributed by atoms with Crippen LogP contribution in [0.15, 0.2) is 0 Å². The second-order valence-electron chi connectivity index (χ2n) is 3.07. The SMILES string of the molecule is COC(=O)c1nc(C(=O)O)c(C(F)(F)C(F)(F)F)s1. The van der Waals surface area contributed by atoms with E-state index in [1.807, 2.05) is 0 Å². The molecule has 0 aliphatic heterocycles. The number of esters is 1. The van der Waals surface area contributed by atoms with Gasteiger partial charge in [0.25, 0.3) is 0 Å². The van der Waals surface area contributed by atoms with Crippen LogP contribution in [0, 0.1) is 0 Å². The van der Waals surface area contributed by atoms with Crippen molar-refractivity contribution in [1.29, 1.82) is 0 Å². The summed E-state index contributed by atoms with van der Waals surface area (Å²) in [5, 5.41) is 7.65. The van der Waals surface area contributed by atoms with Crippen molar-refractivity contribution in [3.63, 3.8) is 0 Å². The molecule has 0 aromatic carbocycles. The molecule has 0 bridgehead atoms. The van der Waals surface area contributed by atoms with Gasteiger partial charge in [-0.3, -0.25) is 0 Å². The van der Waals surface area contributed by atoms with E-state index < -0.39 is 39.6 Å². The zero-order valence-electron chi connectivity index (χ0n) is 8.92. The van der Waals surface area contributed by atoms with Gasteiger partial charge in [-0.25, -0.2) is 14.6 Å². The summed E-state index contributed by atoms with van der Waals surface area (Å²) in [7, 11) is 0.839. The zero-order valence-corrected chi connectivity index (χ0v) is 9.73. The first-order valence-electron chi connectivity index (χ1n) is 4.29. The molecule has 1 heterocycles. The number of hydrogen-bond donors (Lipinski definition) is 1. The third kappa shape index (κ3) is 2.64. The van der Waals surface area contributed by atoms with Crippen LogP contribution >= 0.6 is 11.3 Å². The number of alkyl halides is 5. The number of rotatable bonds is 3. The standard InChI is InChI=1S/C8H4F5NO4S/c1-18-6(17)4-14-2(5(15)16)3(19-4)7(9,10)8(11,12)13/h1H3,(H,15,16). The molecule has 11 heteroatoms. The number of hydrogen-bond acceptors (Lipinski definition) is 5. The van der Waals surface area contributed by atoms with Gasteiger partial charge in [0.2, 0.25) is 5.01 Å². The first kappa shape index (κ1) is 15.3. The van der Waals surface area contributed by atoms with Gasteiger partial charge in [0.05, 0.1) is 7.11 Å². The maximum Gasteiger partial charge on any atom is 0.459 e. The van der Waals surface area contributed by atoms with Crippen LogP contribution in [-0.4, -0.2) is 35.3 Å². The van der Waals surface area contributed by atoms with E-state index in [0.29, 0.717) is 0 Å². The van der Waals surface area contributed by atoms with Gasteiger partial charge in [-0.05, 0) is 0 Å². The highest BCUT2D eigenvalue weighted by Crippen LogP contribution is 2.47. The van der Waals surface area contributed by atoms with Crippen LogP contribution in [0.1, 0.15) is 25.2 Å². The highest BCUT2D eigenvalue weighted by atomic mass is 32.1. The first-order valence-corrected chi connectivity index (χ1v) is 5.11. The number of halogens is 5. The van der Waals surface area contributed by atoms with Crippen molar-refractivity contribution in [3.8, 4) is 0 Å². The van der Waals surface area contributed by atoms with E-state index in [1.54, 1.807) is 0 Å². The molecular formula is C8H4F5NO4S. The van der Waals surface area contributed by atoms with Crippen LogP contribution in [0.2, 0.25) is 0 Å².